The Labute approximate surface area is 390 Å². The first-order chi connectivity index (χ1) is 30.5. The first-order valence-corrected chi connectivity index (χ1v) is 28.0. The molecule has 0 saturated carbocycles. The first-order valence-electron chi connectivity index (χ1n) is 26.5. The van der Waals surface area contributed by atoms with Crippen molar-refractivity contribution in [2.24, 2.45) is 0 Å². The van der Waals surface area contributed by atoms with Gasteiger partial charge in [-0.3, -0.25) is 13.8 Å². The highest BCUT2D eigenvalue weighted by molar-refractivity contribution is 7.47. The predicted octanol–water partition coefficient (Wildman–Crippen LogP) is 15.6. The molecule has 63 heavy (non-hydrogen) atoms. The fourth-order valence-corrected chi connectivity index (χ4v) is 8.31. The minimum atomic E-state index is -4.34. The second-order valence-corrected chi connectivity index (χ2v) is 20.7. The number of carbonyl (C=O) groups is 1. The summed E-state index contributed by atoms with van der Waals surface area (Å²) >= 11 is 0. The molecule has 0 aromatic rings. The maximum absolute atomic E-state index is 12.9. The van der Waals surface area contributed by atoms with E-state index in [9.17, 15) is 19.4 Å². The molecule has 0 aliphatic rings. The molecule has 0 aliphatic heterocycles. The number of rotatable bonds is 48. The van der Waals surface area contributed by atoms with E-state index in [0.717, 1.165) is 51.4 Å². The predicted molar refractivity (Wildman–Crippen MR) is 272 cm³/mol. The van der Waals surface area contributed by atoms with E-state index in [1.165, 1.54) is 167 Å². The molecule has 0 bridgehead atoms. The Hall–Kier alpha value is -1.54. The Morgan fingerprint density at radius 2 is 0.905 bits per heavy atom. The van der Waals surface area contributed by atoms with Gasteiger partial charge in [0.2, 0.25) is 5.91 Å². The van der Waals surface area contributed by atoms with Gasteiger partial charge < -0.3 is 19.8 Å². The van der Waals surface area contributed by atoms with Crippen LogP contribution in [0.5, 0.6) is 0 Å². The summed E-state index contributed by atoms with van der Waals surface area (Å²) in [5.41, 5.74) is 0. The van der Waals surface area contributed by atoms with E-state index in [1.54, 1.807) is 6.08 Å². The number of carbonyl (C=O) groups excluding carboxylic acids is 1. The number of likely N-dealkylation sites (N-methyl/N-ethyl adjacent to an activating group) is 1. The number of nitrogens with one attached hydrogen (secondary N) is 1. The minimum Gasteiger partial charge on any atom is -0.387 e. The summed E-state index contributed by atoms with van der Waals surface area (Å²) in [5.74, 6) is -0.179. The molecule has 0 aromatic heterocycles. The van der Waals surface area contributed by atoms with Crippen molar-refractivity contribution in [3.05, 3.63) is 48.6 Å². The standard InChI is InChI=1S/C54H103N2O6P/c1-6-8-10-12-14-16-18-19-20-21-22-23-24-25-26-27-28-29-30-31-32-33-34-35-36-37-38-40-42-44-46-48-54(58)55-52(51-62-63(59,60)61-50-49-56(3,4)5)53(57)47-45-43-41-39-17-15-13-11-9-7-2/h18-19,21-22,24-25,45,47,52-53,57H,6-17,20,23,26-44,46,48-51H2,1-5H3,(H-,55,58,59,60)/p+1/b19-18-,22-21-,25-24-,47-45+. The molecular formula is C54H104N2O6P+. The monoisotopic (exact) mass is 908 g/mol. The van der Waals surface area contributed by atoms with Gasteiger partial charge in [-0.05, 0) is 57.8 Å². The van der Waals surface area contributed by atoms with Crippen LogP contribution in [-0.4, -0.2) is 73.4 Å². The first kappa shape index (κ1) is 61.5. The number of unbranched alkanes of at least 4 members (excludes halogenated alkanes) is 29. The minimum absolute atomic E-state index is 0.0613. The molecule has 9 heteroatoms. The average molecular weight is 908 g/mol. The van der Waals surface area contributed by atoms with Crippen LogP contribution in [0.1, 0.15) is 239 Å². The van der Waals surface area contributed by atoms with Crippen molar-refractivity contribution >= 4 is 13.7 Å². The topological polar surface area (TPSA) is 105 Å². The number of phosphoric acid groups is 1. The summed E-state index contributed by atoms with van der Waals surface area (Å²) in [4.78, 5) is 23.2. The van der Waals surface area contributed by atoms with E-state index in [4.69, 9.17) is 9.05 Å². The number of hydrogen-bond acceptors (Lipinski definition) is 5. The summed E-state index contributed by atoms with van der Waals surface area (Å²) in [6.07, 6.45) is 59.3. The SMILES string of the molecule is CCCCCCC/C=C\C/C=C\C/C=C\CCCCCCCCCCCCCCCCCCC(=O)NC(COP(=O)(O)OCC[N+](C)(C)C)C(O)/C=C/CCCCCCCCCC. The Morgan fingerprint density at radius 3 is 1.32 bits per heavy atom. The number of allylic oxidation sites excluding steroid dienone is 7. The molecule has 3 N–H and O–H groups in total. The zero-order valence-corrected chi connectivity index (χ0v) is 43.0. The summed E-state index contributed by atoms with van der Waals surface area (Å²) in [6.45, 7) is 4.79. The lowest BCUT2D eigenvalue weighted by atomic mass is 10.0. The number of hydrogen-bond donors (Lipinski definition) is 3. The maximum atomic E-state index is 12.9. The Bertz CT molecular complexity index is 1170. The van der Waals surface area contributed by atoms with E-state index in [2.05, 4.69) is 55.6 Å². The maximum Gasteiger partial charge on any atom is 0.472 e. The van der Waals surface area contributed by atoms with Crippen LogP contribution in [0.3, 0.4) is 0 Å². The second kappa shape index (κ2) is 45.6. The van der Waals surface area contributed by atoms with Crippen LogP contribution < -0.4 is 5.32 Å². The van der Waals surface area contributed by atoms with E-state index in [0.29, 0.717) is 17.4 Å². The zero-order chi connectivity index (χ0) is 46.4. The van der Waals surface area contributed by atoms with Crippen LogP contribution in [0.4, 0.5) is 0 Å². The number of amides is 1. The van der Waals surface area contributed by atoms with Gasteiger partial charge in [-0.2, -0.15) is 0 Å². The van der Waals surface area contributed by atoms with Crippen molar-refractivity contribution in [3.8, 4) is 0 Å². The number of aliphatic hydroxyl groups excluding tert-OH is 1. The summed E-state index contributed by atoms with van der Waals surface area (Å²) in [7, 11) is 1.57. The van der Waals surface area contributed by atoms with Crippen molar-refractivity contribution < 1.29 is 32.9 Å². The Kier molecular flexibility index (Phi) is 44.5. The average Bonchev–Trinajstić information content (AvgIpc) is 3.24. The van der Waals surface area contributed by atoms with E-state index < -0.39 is 20.0 Å². The number of phosphoric ester groups is 1. The van der Waals surface area contributed by atoms with Gasteiger partial charge in [0.1, 0.15) is 13.2 Å². The molecule has 0 aliphatic carbocycles. The lowest BCUT2D eigenvalue weighted by molar-refractivity contribution is -0.870. The third-order valence-electron chi connectivity index (χ3n) is 11.8. The molecule has 370 valence electrons. The molecule has 0 rings (SSSR count). The van der Waals surface area contributed by atoms with Gasteiger partial charge in [-0.15, -0.1) is 0 Å². The lowest BCUT2D eigenvalue weighted by Gasteiger charge is -2.25. The molecule has 3 unspecified atom stereocenters. The molecule has 0 radical (unpaired) electrons. The molecule has 0 saturated heterocycles. The highest BCUT2D eigenvalue weighted by atomic mass is 31.2. The quantitative estimate of drug-likeness (QED) is 0.0243. The largest absolute Gasteiger partial charge is 0.472 e. The van der Waals surface area contributed by atoms with Crippen LogP contribution >= 0.6 is 7.82 Å². The van der Waals surface area contributed by atoms with Gasteiger partial charge >= 0.3 is 7.82 Å². The van der Waals surface area contributed by atoms with Gasteiger partial charge in [-0.25, -0.2) is 4.57 Å². The molecule has 3 atom stereocenters. The number of quaternary nitrogens is 1. The summed E-state index contributed by atoms with van der Waals surface area (Å²) in [5, 5.41) is 13.8. The summed E-state index contributed by atoms with van der Waals surface area (Å²) in [6, 6.07) is -0.844. The third kappa shape index (κ3) is 48.2. The lowest BCUT2D eigenvalue weighted by Crippen LogP contribution is -2.45. The van der Waals surface area contributed by atoms with Crippen molar-refractivity contribution in [1.82, 2.24) is 5.32 Å². The van der Waals surface area contributed by atoms with E-state index in [1.807, 2.05) is 27.2 Å². The molecule has 8 nitrogen and oxygen atoms in total. The molecule has 0 heterocycles. The fourth-order valence-electron chi connectivity index (χ4n) is 7.58. The molecule has 1 amide bonds. The van der Waals surface area contributed by atoms with Gasteiger partial charge in [0.15, 0.2) is 0 Å². The zero-order valence-electron chi connectivity index (χ0n) is 42.1. The van der Waals surface area contributed by atoms with Gasteiger partial charge in [0, 0.05) is 6.42 Å². The fraction of sp³-hybridized carbons (Fsp3) is 0.833. The Balaban J connectivity index is 4.02. The van der Waals surface area contributed by atoms with Crippen molar-refractivity contribution in [2.75, 3.05) is 40.9 Å². The van der Waals surface area contributed by atoms with E-state index >= 15 is 0 Å². The highest BCUT2D eigenvalue weighted by Gasteiger charge is 2.27. The van der Waals surface area contributed by atoms with Crippen LogP contribution in [0.25, 0.3) is 0 Å². The number of aliphatic hydroxyl groups is 1. The second-order valence-electron chi connectivity index (χ2n) is 19.3. The van der Waals surface area contributed by atoms with Gasteiger partial charge in [-0.1, -0.05) is 223 Å². The normalized spacial score (nSPS) is 14.5. The van der Waals surface area contributed by atoms with Crippen LogP contribution in [-0.2, 0) is 18.4 Å². The molecule has 0 fully saturated rings. The van der Waals surface area contributed by atoms with Crippen molar-refractivity contribution in [3.63, 3.8) is 0 Å². The summed E-state index contributed by atoms with van der Waals surface area (Å²) < 4.78 is 23.6. The Morgan fingerprint density at radius 1 is 0.540 bits per heavy atom. The van der Waals surface area contributed by atoms with Gasteiger partial charge in [0.05, 0.1) is 39.9 Å². The smallest absolute Gasteiger partial charge is 0.387 e. The van der Waals surface area contributed by atoms with Gasteiger partial charge in [0.25, 0.3) is 0 Å². The number of nitrogens with zero attached hydrogens (tertiary/aromatic N) is 1. The van der Waals surface area contributed by atoms with Crippen LogP contribution in [0.2, 0.25) is 0 Å². The van der Waals surface area contributed by atoms with Crippen molar-refractivity contribution in [1.29, 1.82) is 0 Å². The molecule has 0 spiro atoms. The third-order valence-corrected chi connectivity index (χ3v) is 12.8. The van der Waals surface area contributed by atoms with Crippen LogP contribution in [0.15, 0.2) is 48.6 Å². The molecular weight excluding hydrogens is 804 g/mol. The van der Waals surface area contributed by atoms with Crippen molar-refractivity contribution in [2.45, 2.75) is 251 Å². The van der Waals surface area contributed by atoms with E-state index in [-0.39, 0.29) is 19.1 Å². The molecule has 0 aromatic carbocycles. The van der Waals surface area contributed by atoms with Crippen LogP contribution in [0, 0.1) is 0 Å². The highest BCUT2D eigenvalue weighted by Crippen LogP contribution is 2.43.